The van der Waals surface area contributed by atoms with E-state index in [1.54, 1.807) is 0 Å². The van der Waals surface area contributed by atoms with Crippen molar-refractivity contribution >= 4 is 0 Å². The zero-order valence-corrected chi connectivity index (χ0v) is 31.1. The summed E-state index contributed by atoms with van der Waals surface area (Å²) < 4.78 is 20.0. The van der Waals surface area contributed by atoms with Crippen molar-refractivity contribution in [2.24, 2.45) is 61.2 Å². The van der Waals surface area contributed by atoms with Gasteiger partial charge in [0.05, 0.1) is 38.1 Å². The molecule has 3 unspecified atom stereocenters. The highest BCUT2D eigenvalue weighted by atomic mass is 16.5. The second-order valence-electron chi connectivity index (χ2n) is 16.8. The Hall–Kier alpha value is -3.01. The Bertz CT molecular complexity index is 1480. The number of fused-ring (bicyclic) bond motifs is 5. The van der Waals surface area contributed by atoms with Gasteiger partial charge in [-0.1, -0.05) is 66.4 Å². The predicted octanol–water partition coefficient (Wildman–Crippen LogP) is 9.25. The van der Waals surface area contributed by atoms with E-state index in [1.807, 2.05) is 0 Å². The molecule has 0 bridgehead atoms. The fourth-order valence-electron chi connectivity index (χ4n) is 12.5. The number of rotatable bonds is 16. The normalized spacial score (nSPS) is 39.7. The third-order valence-electron chi connectivity index (χ3n) is 14.8. The molecule has 51 heavy (non-hydrogen) atoms. The Morgan fingerprint density at radius 1 is 0.745 bits per heavy atom. The minimum atomic E-state index is -0.0598. The lowest BCUT2D eigenvalue weighted by Crippen LogP contribution is -2.66. The van der Waals surface area contributed by atoms with Crippen LogP contribution in [0.2, 0.25) is 0 Å². The first-order valence-corrected chi connectivity index (χ1v) is 19.3. The molecule has 0 saturated heterocycles. The second kappa shape index (κ2) is 16.3. The van der Waals surface area contributed by atoms with E-state index in [9.17, 15) is 0 Å². The SMILES string of the molecule is CN(Cc1ccccc1)C1CC[C@]1(C)[C@H]1CC[C@H]2C3[C@H](OCCN=[N+]=[N-])CC4C[C@H](OCCN=[N+]=[N-])CC[C@]4(C)[C@H]3C[C@H](OCCN=[N+]=[N-])[C@@]21C. The van der Waals surface area contributed by atoms with Crippen molar-refractivity contribution in [1.82, 2.24) is 4.90 Å². The van der Waals surface area contributed by atoms with E-state index < -0.39 is 0 Å². The highest BCUT2D eigenvalue weighted by molar-refractivity contribution is 5.20. The minimum Gasteiger partial charge on any atom is -0.378 e. The van der Waals surface area contributed by atoms with Gasteiger partial charge in [0.1, 0.15) is 0 Å². The van der Waals surface area contributed by atoms with E-state index in [1.165, 1.54) is 24.8 Å². The van der Waals surface area contributed by atoms with Gasteiger partial charge in [-0.15, -0.1) is 0 Å². The van der Waals surface area contributed by atoms with Crippen LogP contribution >= 0.6 is 0 Å². The van der Waals surface area contributed by atoms with Gasteiger partial charge in [0, 0.05) is 52.4 Å². The van der Waals surface area contributed by atoms with Crippen molar-refractivity contribution in [1.29, 1.82) is 0 Å². The summed E-state index contributed by atoms with van der Waals surface area (Å²) in [4.78, 5) is 11.5. The van der Waals surface area contributed by atoms with Crippen molar-refractivity contribution < 1.29 is 14.2 Å². The van der Waals surface area contributed by atoms with E-state index >= 15 is 0 Å². The van der Waals surface area contributed by atoms with Crippen molar-refractivity contribution in [2.75, 3.05) is 46.5 Å². The quantitative estimate of drug-likeness (QED) is 0.0722. The van der Waals surface area contributed by atoms with Crippen molar-refractivity contribution in [3.63, 3.8) is 0 Å². The third kappa shape index (κ3) is 7.32. The summed E-state index contributed by atoms with van der Waals surface area (Å²) in [6.45, 7) is 10.9. The zero-order valence-electron chi connectivity index (χ0n) is 31.1. The fourth-order valence-corrected chi connectivity index (χ4v) is 12.5. The molecule has 0 N–H and O–H groups in total. The first kappa shape index (κ1) is 37.7. The molecule has 12 atom stereocenters. The minimum absolute atomic E-state index is 0.0554. The summed E-state index contributed by atoms with van der Waals surface area (Å²) >= 11 is 0. The highest BCUT2D eigenvalue weighted by Crippen LogP contribution is 2.72. The lowest BCUT2D eigenvalue weighted by Gasteiger charge is -2.66. The first-order chi connectivity index (χ1) is 24.7. The molecule has 278 valence electrons. The average Bonchev–Trinajstić information content (AvgIpc) is 3.48. The van der Waals surface area contributed by atoms with Gasteiger partial charge in [0.2, 0.25) is 0 Å². The average molecular weight is 703 g/mol. The van der Waals surface area contributed by atoms with Crippen LogP contribution in [0.4, 0.5) is 0 Å². The van der Waals surface area contributed by atoms with Gasteiger partial charge < -0.3 is 14.2 Å². The van der Waals surface area contributed by atoms with Crippen LogP contribution in [-0.2, 0) is 20.8 Å². The fraction of sp³-hybridized carbons (Fsp3) is 0.842. The van der Waals surface area contributed by atoms with Crippen LogP contribution in [0.3, 0.4) is 0 Å². The lowest BCUT2D eigenvalue weighted by atomic mass is 9.41. The van der Waals surface area contributed by atoms with Crippen LogP contribution < -0.4 is 0 Å². The predicted molar refractivity (Wildman–Crippen MR) is 196 cm³/mol. The van der Waals surface area contributed by atoms with Crippen molar-refractivity contribution in [3.05, 3.63) is 67.2 Å². The maximum Gasteiger partial charge on any atom is 0.0637 e. The maximum atomic E-state index is 9.06. The van der Waals surface area contributed by atoms with Gasteiger partial charge in [0.15, 0.2) is 0 Å². The van der Waals surface area contributed by atoms with Gasteiger partial charge >= 0.3 is 0 Å². The van der Waals surface area contributed by atoms with Gasteiger partial charge in [-0.2, -0.15) is 0 Å². The van der Waals surface area contributed by atoms with Crippen LogP contribution in [0.1, 0.15) is 84.1 Å². The molecule has 0 radical (unpaired) electrons. The van der Waals surface area contributed by atoms with Gasteiger partial charge in [-0.05, 0) is 127 Å². The molecular weight excluding hydrogens is 644 g/mol. The highest BCUT2D eigenvalue weighted by Gasteiger charge is 2.69. The monoisotopic (exact) mass is 702 g/mol. The molecule has 5 fully saturated rings. The van der Waals surface area contributed by atoms with E-state index in [-0.39, 0.29) is 34.6 Å². The summed E-state index contributed by atoms with van der Waals surface area (Å²) in [5.74, 6) is 2.15. The molecule has 6 rings (SSSR count). The number of ether oxygens (including phenoxy) is 3. The molecule has 0 spiro atoms. The molecule has 0 aromatic heterocycles. The summed E-state index contributed by atoms with van der Waals surface area (Å²) in [7, 11) is 2.31. The van der Waals surface area contributed by atoms with E-state index in [0.29, 0.717) is 75.1 Å². The lowest BCUT2D eigenvalue weighted by molar-refractivity contribution is -0.237. The van der Waals surface area contributed by atoms with Gasteiger partial charge in [-0.25, -0.2) is 0 Å². The smallest absolute Gasteiger partial charge is 0.0637 e. The van der Waals surface area contributed by atoms with E-state index in [0.717, 1.165) is 45.1 Å². The molecule has 1 aromatic rings. The first-order valence-electron chi connectivity index (χ1n) is 19.3. The molecular formula is C38H58N10O3. The number of azide groups is 3. The Labute approximate surface area is 303 Å². The van der Waals surface area contributed by atoms with Gasteiger partial charge in [-0.3, -0.25) is 4.90 Å². The van der Waals surface area contributed by atoms with Crippen LogP contribution in [0.15, 0.2) is 45.7 Å². The second-order valence-corrected chi connectivity index (χ2v) is 16.8. The molecule has 5 saturated carbocycles. The topological polar surface area (TPSA) is 177 Å². The molecule has 5 aliphatic carbocycles. The Morgan fingerprint density at radius 3 is 2.04 bits per heavy atom. The molecule has 0 amide bonds. The zero-order chi connectivity index (χ0) is 36.1. The van der Waals surface area contributed by atoms with Crippen LogP contribution in [0, 0.1) is 45.8 Å². The molecule has 5 aliphatic rings. The molecule has 13 nitrogen and oxygen atoms in total. The summed E-state index contributed by atoms with van der Waals surface area (Å²) in [5.41, 5.74) is 28.3. The number of hydrogen-bond acceptors (Lipinski definition) is 7. The van der Waals surface area contributed by atoms with Gasteiger partial charge in [0.25, 0.3) is 0 Å². The Morgan fingerprint density at radius 2 is 1.39 bits per heavy atom. The maximum absolute atomic E-state index is 9.06. The largest absolute Gasteiger partial charge is 0.378 e. The van der Waals surface area contributed by atoms with Crippen LogP contribution in [0.25, 0.3) is 31.3 Å². The number of benzene rings is 1. The van der Waals surface area contributed by atoms with Crippen molar-refractivity contribution in [3.8, 4) is 0 Å². The molecule has 13 heteroatoms. The Balaban J connectivity index is 1.30. The standard InChI is InChI=1S/C38H58N10O3/c1-36-14-12-28(49-19-16-42-45-39)22-27(36)23-31(50-20-17-43-46-40)35-29-10-11-32(38(29,3)34(24-30(35)36)51-21-18-44-47-41)37(2)15-13-33(37)48(4)25-26-8-6-5-7-9-26/h5-9,27-35H,10-25H2,1-4H3/t27?,28-,29+,30+,31-,32-,33?,34+,35?,36+,37-,38+/m1/s1. The van der Waals surface area contributed by atoms with Crippen LogP contribution in [0.5, 0.6) is 0 Å². The molecule has 1 aromatic carbocycles. The summed E-state index contributed by atoms with van der Waals surface area (Å²) in [6, 6.07) is 11.3. The van der Waals surface area contributed by atoms with Crippen LogP contribution in [-0.4, -0.2) is 75.8 Å². The summed E-state index contributed by atoms with van der Waals surface area (Å²) in [6.07, 6.45) is 10.0. The summed E-state index contributed by atoms with van der Waals surface area (Å²) in [5, 5.41) is 11.3. The number of nitrogens with zero attached hydrogens (tertiary/aromatic N) is 10. The molecule has 0 aliphatic heterocycles. The Kier molecular flexibility index (Phi) is 12.1. The van der Waals surface area contributed by atoms with E-state index in [4.69, 9.17) is 30.8 Å². The van der Waals surface area contributed by atoms with E-state index in [2.05, 4.69) is 93.1 Å². The number of hydrogen-bond donors (Lipinski definition) is 0. The van der Waals surface area contributed by atoms with Crippen molar-refractivity contribution in [2.45, 2.75) is 109 Å². The third-order valence-corrected chi connectivity index (χ3v) is 14.8. The molecule has 0 heterocycles.